The summed E-state index contributed by atoms with van der Waals surface area (Å²) in [5, 5.41) is 14.2. The van der Waals surface area contributed by atoms with Crippen molar-refractivity contribution in [3.8, 4) is 5.75 Å². The number of halogens is 2. The summed E-state index contributed by atoms with van der Waals surface area (Å²) in [5.41, 5.74) is -0.720. The van der Waals surface area contributed by atoms with Crippen molar-refractivity contribution in [3.63, 3.8) is 0 Å². The third-order valence-corrected chi connectivity index (χ3v) is 5.95. The molecule has 2 unspecified atom stereocenters. The van der Waals surface area contributed by atoms with Crippen LogP contribution in [0.1, 0.15) is 13.8 Å². The third kappa shape index (κ3) is 3.61. The third-order valence-electron chi connectivity index (χ3n) is 3.98. The Bertz CT molecular complexity index is 731. The van der Waals surface area contributed by atoms with Crippen LogP contribution in [0.4, 0.5) is 10.1 Å². The van der Waals surface area contributed by atoms with Crippen molar-refractivity contribution in [1.29, 1.82) is 0 Å². The molecule has 0 radical (unpaired) electrons. The van der Waals surface area contributed by atoms with E-state index in [-0.39, 0.29) is 31.0 Å². The maximum atomic E-state index is 14.0. The maximum absolute atomic E-state index is 14.0. The highest BCUT2D eigenvalue weighted by molar-refractivity contribution is 7.89. The van der Waals surface area contributed by atoms with Crippen LogP contribution in [0.15, 0.2) is 17.0 Å². The molecule has 0 bridgehead atoms. The first-order valence-electron chi connectivity index (χ1n) is 6.97. The summed E-state index contributed by atoms with van der Waals surface area (Å²) in [5.74, 6) is -1.67. The van der Waals surface area contributed by atoms with Gasteiger partial charge in [0.1, 0.15) is 0 Å². The SMILES string of the molecule is COc1c(F)cc(S(=O)(=O)N2CCNC(C)C2C)cc1[N+](=O)[O-].Cl. The normalized spacial score (nSPS) is 21.8. The molecule has 24 heavy (non-hydrogen) atoms. The minimum absolute atomic E-state index is 0. The summed E-state index contributed by atoms with van der Waals surface area (Å²) >= 11 is 0. The highest BCUT2D eigenvalue weighted by Gasteiger charge is 2.36. The summed E-state index contributed by atoms with van der Waals surface area (Å²) in [6.07, 6.45) is 0. The largest absolute Gasteiger partial charge is 0.488 e. The molecule has 1 saturated heterocycles. The van der Waals surface area contributed by atoms with Crippen LogP contribution >= 0.6 is 12.4 Å². The zero-order chi connectivity index (χ0) is 17.4. The summed E-state index contributed by atoms with van der Waals surface area (Å²) in [6, 6.07) is 1.13. The average molecular weight is 384 g/mol. The minimum atomic E-state index is -4.05. The summed E-state index contributed by atoms with van der Waals surface area (Å²) < 4.78 is 45.4. The molecule has 1 heterocycles. The minimum Gasteiger partial charge on any atom is -0.488 e. The highest BCUT2D eigenvalue weighted by atomic mass is 35.5. The van der Waals surface area contributed by atoms with Crippen molar-refractivity contribution in [2.45, 2.75) is 30.8 Å². The fraction of sp³-hybridized carbons (Fsp3) is 0.538. The van der Waals surface area contributed by atoms with Gasteiger partial charge in [-0.2, -0.15) is 4.31 Å². The topological polar surface area (TPSA) is 102 Å². The van der Waals surface area contributed by atoms with Gasteiger partial charge in [0.2, 0.25) is 15.8 Å². The first-order valence-corrected chi connectivity index (χ1v) is 8.41. The number of methoxy groups -OCH3 is 1. The van der Waals surface area contributed by atoms with E-state index in [0.29, 0.717) is 6.54 Å². The van der Waals surface area contributed by atoms with Crippen LogP contribution < -0.4 is 10.1 Å². The van der Waals surface area contributed by atoms with Gasteiger partial charge in [-0.05, 0) is 19.9 Å². The van der Waals surface area contributed by atoms with E-state index in [9.17, 15) is 22.9 Å². The Kier molecular flexibility index (Phi) is 6.51. The van der Waals surface area contributed by atoms with Crippen LogP contribution in [0.3, 0.4) is 0 Å². The molecule has 2 atom stereocenters. The Balaban J connectivity index is 0.00000288. The number of nitrogens with zero attached hydrogens (tertiary/aromatic N) is 2. The second-order valence-corrected chi connectivity index (χ2v) is 7.20. The van der Waals surface area contributed by atoms with Gasteiger partial charge in [0.15, 0.2) is 5.82 Å². The van der Waals surface area contributed by atoms with Gasteiger partial charge in [-0.15, -0.1) is 12.4 Å². The fourth-order valence-electron chi connectivity index (χ4n) is 2.54. The zero-order valence-corrected chi connectivity index (χ0v) is 15.0. The van der Waals surface area contributed by atoms with E-state index < -0.39 is 37.1 Å². The summed E-state index contributed by atoms with van der Waals surface area (Å²) in [7, 11) is -2.97. The van der Waals surface area contributed by atoms with Crippen LogP contribution in [-0.2, 0) is 10.0 Å². The molecule has 1 aromatic rings. The van der Waals surface area contributed by atoms with E-state index in [1.54, 1.807) is 6.92 Å². The monoisotopic (exact) mass is 383 g/mol. The lowest BCUT2D eigenvalue weighted by Crippen LogP contribution is -2.57. The lowest BCUT2D eigenvalue weighted by molar-refractivity contribution is -0.386. The molecule has 11 heteroatoms. The molecule has 0 amide bonds. The molecule has 1 N–H and O–H groups in total. The molecule has 1 aromatic carbocycles. The van der Waals surface area contributed by atoms with Gasteiger partial charge >= 0.3 is 5.69 Å². The van der Waals surface area contributed by atoms with Crippen molar-refractivity contribution in [3.05, 3.63) is 28.1 Å². The van der Waals surface area contributed by atoms with Gasteiger partial charge in [0, 0.05) is 31.2 Å². The van der Waals surface area contributed by atoms with Crippen LogP contribution in [0.2, 0.25) is 0 Å². The Labute approximate surface area is 145 Å². The number of piperazine rings is 1. The molecule has 136 valence electrons. The summed E-state index contributed by atoms with van der Waals surface area (Å²) in [4.78, 5) is 9.72. The van der Waals surface area contributed by atoms with Crippen LogP contribution in [0.5, 0.6) is 5.75 Å². The molecular formula is C13H19ClFN3O5S. The Morgan fingerprint density at radius 2 is 2.04 bits per heavy atom. The number of rotatable bonds is 4. The number of sulfonamides is 1. The van der Waals surface area contributed by atoms with Crippen molar-refractivity contribution < 1.29 is 22.5 Å². The number of nitro groups is 1. The molecule has 0 aromatic heterocycles. The predicted octanol–water partition coefficient (Wildman–Crippen LogP) is 1.54. The lowest BCUT2D eigenvalue weighted by Gasteiger charge is -2.37. The second kappa shape index (κ2) is 7.60. The first-order chi connectivity index (χ1) is 10.7. The molecule has 1 fully saturated rings. The number of ether oxygens (including phenoxy) is 1. The molecule has 0 aliphatic carbocycles. The van der Waals surface area contributed by atoms with E-state index in [1.807, 2.05) is 6.92 Å². The average Bonchev–Trinajstić information content (AvgIpc) is 2.48. The van der Waals surface area contributed by atoms with E-state index >= 15 is 0 Å². The van der Waals surface area contributed by atoms with Crippen molar-refractivity contribution >= 4 is 28.1 Å². The van der Waals surface area contributed by atoms with Gasteiger partial charge in [0.25, 0.3) is 0 Å². The van der Waals surface area contributed by atoms with Crippen molar-refractivity contribution in [1.82, 2.24) is 9.62 Å². The molecular weight excluding hydrogens is 365 g/mol. The quantitative estimate of drug-likeness (QED) is 0.625. The first kappa shape index (κ1) is 20.6. The van der Waals surface area contributed by atoms with Gasteiger partial charge in [0.05, 0.1) is 16.9 Å². The van der Waals surface area contributed by atoms with E-state index in [4.69, 9.17) is 0 Å². The standard InChI is InChI=1S/C13H18FN3O5S.ClH/c1-8-9(2)16(5-4-15-8)23(20,21)10-6-11(14)13(22-3)12(7-10)17(18)19;/h6-9,15H,4-5H2,1-3H3;1H. The molecule has 2 rings (SSSR count). The van der Waals surface area contributed by atoms with E-state index in [0.717, 1.165) is 19.2 Å². The molecule has 1 aliphatic heterocycles. The molecule has 8 nitrogen and oxygen atoms in total. The van der Waals surface area contributed by atoms with Crippen molar-refractivity contribution in [2.75, 3.05) is 20.2 Å². The van der Waals surface area contributed by atoms with Crippen LogP contribution in [0.25, 0.3) is 0 Å². The molecule has 0 saturated carbocycles. The van der Waals surface area contributed by atoms with Gasteiger partial charge in [-0.25, -0.2) is 12.8 Å². The van der Waals surface area contributed by atoms with E-state index in [2.05, 4.69) is 10.1 Å². The second-order valence-electron chi connectivity index (χ2n) is 5.31. The molecule has 1 aliphatic rings. The number of hydrogen-bond donors (Lipinski definition) is 1. The zero-order valence-electron chi connectivity index (χ0n) is 13.4. The van der Waals surface area contributed by atoms with Crippen molar-refractivity contribution in [2.24, 2.45) is 0 Å². The molecule has 0 spiro atoms. The number of nitro benzene ring substituents is 1. The van der Waals surface area contributed by atoms with E-state index in [1.165, 1.54) is 4.31 Å². The van der Waals surface area contributed by atoms with Crippen LogP contribution in [0, 0.1) is 15.9 Å². The Morgan fingerprint density at radius 1 is 1.42 bits per heavy atom. The number of benzene rings is 1. The smallest absolute Gasteiger partial charge is 0.315 e. The maximum Gasteiger partial charge on any atom is 0.315 e. The predicted molar refractivity (Wildman–Crippen MR) is 87.7 cm³/mol. The fourth-order valence-corrected chi connectivity index (χ4v) is 4.28. The van der Waals surface area contributed by atoms with Gasteiger partial charge < -0.3 is 10.1 Å². The van der Waals surface area contributed by atoms with Gasteiger partial charge in [-0.1, -0.05) is 0 Å². The lowest BCUT2D eigenvalue weighted by atomic mass is 10.1. The van der Waals surface area contributed by atoms with Crippen LogP contribution in [-0.4, -0.2) is 49.9 Å². The van der Waals surface area contributed by atoms with Gasteiger partial charge in [-0.3, -0.25) is 10.1 Å². The highest BCUT2D eigenvalue weighted by Crippen LogP contribution is 2.34. The Morgan fingerprint density at radius 3 is 2.58 bits per heavy atom. The summed E-state index contributed by atoms with van der Waals surface area (Å²) in [6.45, 7) is 4.22. The number of hydrogen-bond acceptors (Lipinski definition) is 6. The Hall–Kier alpha value is -1.49. The number of nitrogens with one attached hydrogen (secondary N) is 1.